The van der Waals surface area contributed by atoms with E-state index in [0.717, 1.165) is 50.5 Å². The fourth-order valence-electron chi connectivity index (χ4n) is 5.34. The molecule has 1 amide bonds. The van der Waals surface area contributed by atoms with Crippen LogP contribution in [0.2, 0.25) is 0 Å². The molecule has 4 rings (SSSR count). The van der Waals surface area contributed by atoms with E-state index in [2.05, 4.69) is 28.4 Å². The van der Waals surface area contributed by atoms with Gasteiger partial charge in [-0.05, 0) is 49.7 Å². The number of carbonyl (C=O) groups is 2. The third kappa shape index (κ3) is 6.12. The van der Waals surface area contributed by atoms with Gasteiger partial charge in [-0.25, -0.2) is 4.98 Å². The summed E-state index contributed by atoms with van der Waals surface area (Å²) in [6.07, 6.45) is 14.3. The highest BCUT2D eigenvalue weighted by Gasteiger charge is 2.51. The molecule has 1 aromatic carbocycles. The Hall–Kier alpha value is -3.11. The number of oxazole rings is 1. The molecule has 1 N–H and O–H groups in total. The summed E-state index contributed by atoms with van der Waals surface area (Å²) in [5.74, 6) is 3.00. The Bertz CT molecular complexity index is 1060. The van der Waals surface area contributed by atoms with Crippen molar-refractivity contribution >= 4 is 11.9 Å². The van der Waals surface area contributed by atoms with E-state index in [-0.39, 0.29) is 35.9 Å². The van der Waals surface area contributed by atoms with Crippen LogP contribution in [0.15, 0.2) is 34.9 Å². The van der Waals surface area contributed by atoms with Crippen molar-refractivity contribution in [3.63, 3.8) is 0 Å². The van der Waals surface area contributed by atoms with Gasteiger partial charge < -0.3 is 19.2 Å². The molecule has 2 aromatic rings. The number of aryl methyl sites for hydroxylation is 1. The molecule has 2 aliphatic heterocycles. The fourth-order valence-corrected chi connectivity index (χ4v) is 5.34. The van der Waals surface area contributed by atoms with Crippen LogP contribution in [0.1, 0.15) is 78.4 Å². The zero-order chi connectivity index (χ0) is 24.6. The van der Waals surface area contributed by atoms with E-state index in [1.54, 1.807) is 0 Å². The van der Waals surface area contributed by atoms with Gasteiger partial charge in [0.25, 0.3) is 5.91 Å². The van der Waals surface area contributed by atoms with E-state index in [0.29, 0.717) is 31.0 Å². The van der Waals surface area contributed by atoms with Crippen LogP contribution in [0.4, 0.5) is 0 Å². The van der Waals surface area contributed by atoms with Crippen LogP contribution in [0.25, 0.3) is 0 Å². The minimum absolute atomic E-state index is 0.00715. The van der Waals surface area contributed by atoms with Gasteiger partial charge in [0.15, 0.2) is 5.69 Å². The summed E-state index contributed by atoms with van der Waals surface area (Å²) in [5, 5.41) is 2.92. The van der Waals surface area contributed by atoms with Crippen molar-refractivity contribution in [3.05, 3.63) is 53.2 Å². The van der Waals surface area contributed by atoms with E-state index in [1.807, 2.05) is 12.1 Å². The van der Waals surface area contributed by atoms with Crippen LogP contribution in [0, 0.1) is 18.3 Å². The highest BCUT2D eigenvalue weighted by Crippen LogP contribution is 2.50. The zero-order valence-electron chi connectivity index (χ0n) is 20.3. The van der Waals surface area contributed by atoms with E-state index in [1.165, 1.54) is 18.9 Å². The monoisotopic (exact) mass is 478 g/mol. The Morgan fingerprint density at radius 3 is 2.77 bits per heavy atom. The quantitative estimate of drug-likeness (QED) is 0.279. The van der Waals surface area contributed by atoms with Crippen LogP contribution in [0.3, 0.4) is 0 Å². The number of fused-ring (bicyclic) bond motifs is 2. The average Bonchev–Trinajstić information content (AvgIpc) is 3.62. The summed E-state index contributed by atoms with van der Waals surface area (Å²) in [4.78, 5) is 28.8. The molecule has 2 saturated heterocycles. The number of ether oxygens (including phenoxy) is 2. The number of rotatable bonds is 12. The summed E-state index contributed by atoms with van der Waals surface area (Å²) in [6.45, 7) is 0.591. The maximum atomic E-state index is 12.6. The number of amides is 1. The molecule has 4 atom stereocenters. The van der Waals surface area contributed by atoms with Crippen molar-refractivity contribution in [1.29, 1.82) is 0 Å². The van der Waals surface area contributed by atoms with Crippen LogP contribution in [0.5, 0.6) is 0 Å². The smallest absolute Gasteiger partial charge is 0.305 e. The molecule has 3 heterocycles. The Morgan fingerprint density at radius 1 is 1.17 bits per heavy atom. The van der Waals surface area contributed by atoms with E-state index >= 15 is 0 Å². The number of nitrogens with one attached hydrogen (secondary N) is 1. The summed E-state index contributed by atoms with van der Waals surface area (Å²) >= 11 is 0. The second kappa shape index (κ2) is 12.0. The number of esters is 1. The molecule has 186 valence electrons. The number of hydrogen-bond donors (Lipinski definition) is 1. The van der Waals surface area contributed by atoms with Crippen LogP contribution in [-0.4, -0.2) is 42.7 Å². The lowest BCUT2D eigenvalue weighted by Crippen LogP contribution is -2.28. The molecule has 0 unspecified atom stereocenters. The topological polar surface area (TPSA) is 90.7 Å². The lowest BCUT2D eigenvalue weighted by molar-refractivity contribution is -0.140. The first-order valence-electron chi connectivity index (χ1n) is 12.6. The summed E-state index contributed by atoms with van der Waals surface area (Å²) in [7, 11) is 1.41. The molecule has 0 spiro atoms. The number of carbonyl (C=O) groups excluding carboxylic acids is 2. The molecule has 0 radical (unpaired) electrons. The summed E-state index contributed by atoms with van der Waals surface area (Å²) < 4.78 is 16.9. The average molecular weight is 479 g/mol. The van der Waals surface area contributed by atoms with Crippen molar-refractivity contribution in [2.45, 2.75) is 75.9 Å². The second-order valence-electron chi connectivity index (χ2n) is 9.37. The van der Waals surface area contributed by atoms with Gasteiger partial charge in [-0.15, -0.1) is 12.3 Å². The summed E-state index contributed by atoms with van der Waals surface area (Å²) in [5.41, 5.74) is 2.66. The second-order valence-corrected chi connectivity index (χ2v) is 9.37. The van der Waals surface area contributed by atoms with Crippen LogP contribution < -0.4 is 5.32 Å². The Balaban J connectivity index is 1.41. The SMILES string of the molecule is C#CCCCCCNC(=O)c1coc([C@H]2[C@@H](Cc3ccccc3CCC(=O)OC)[C@@H]3CC[C@H]2O3)n1. The molecule has 2 bridgehead atoms. The Labute approximate surface area is 207 Å². The van der Waals surface area contributed by atoms with Crippen molar-refractivity contribution in [1.82, 2.24) is 10.3 Å². The van der Waals surface area contributed by atoms with Gasteiger partial charge in [-0.3, -0.25) is 9.59 Å². The van der Waals surface area contributed by atoms with E-state index in [4.69, 9.17) is 20.3 Å². The molecular weight excluding hydrogens is 444 g/mol. The van der Waals surface area contributed by atoms with Crippen molar-refractivity contribution in [2.24, 2.45) is 5.92 Å². The van der Waals surface area contributed by atoms with Crippen LogP contribution >= 0.6 is 0 Å². The predicted octanol–water partition coefficient (Wildman–Crippen LogP) is 4.21. The number of terminal acetylenes is 1. The maximum absolute atomic E-state index is 12.6. The number of benzene rings is 1. The molecule has 2 fully saturated rings. The van der Waals surface area contributed by atoms with Crippen molar-refractivity contribution < 1.29 is 23.5 Å². The molecule has 0 aliphatic carbocycles. The van der Waals surface area contributed by atoms with Gasteiger partial charge in [0.2, 0.25) is 5.89 Å². The van der Waals surface area contributed by atoms with Gasteiger partial charge in [0.05, 0.1) is 25.2 Å². The van der Waals surface area contributed by atoms with Gasteiger partial charge in [-0.1, -0.05) is 30.7 Å². The standard InChI is InChI=1S/C28H34N2O5/c1-3-4-5-6-9-16-29-27(32)22-18-34-28(30-22)26-21(23-13-14-24(26)35-23)17-20-11-8-7-10-19(20)12-15-25(31)33-2/h1,7-8,10-11,18,21,23-24,26H,4-6,9,12-17H2,2H3,(H,29,32)/t21-,23-,24+,26-/m0/s1. The molecule has 7 heteroatoms. The number of methoxy groups -OCH3 is 1. The Morgan fingerprint density at radius 2 is 1.97 bits per heavy atom. The fraction of sp³-hybridized carbons (Fsp3) is 0.536. The first-order valence-corrected chi connectivity index (χ1v) is 12.6. The first kappa shape index (κ1) is 25.0. The van der Waals surface area contributed by atoms with Crippen molar-refractivity contribution in [2.75, 3.05) is 13.7 Å². The van der Waals surface area contributed by atoms with Crippen LogP contribution in [-0.2, 0) is 27.1 Å². The highest BCUT2D eigenvalue weighted by molar-refractivity contribution is 5.91. The van der Waals surface area contributed by atoms with E-state index in [9.17, 15) is 9.59 Å². The minimum atomic E-state index is -0.217. The van der Waals surface area contributed by atoms with Gasteiger partial charge in [0, 0.05) is 25.3 Å². The minimum Gasteiger partial charge on any atom is -0.469 e. The van der Waals surface area contributed by atoms with Gasteiger partial charge in [-0.2, -0.15) is 0 Å². The molecule has 0 saturated carbocycles. The third-order valence-electron chi connectivity index (χ3n) is 7.15. The normalized spacial score (nSPS) is 22.6. The lowest BCUT2D eigenvalue weighted by atomic mass is 9.75. The van der Waals surface area contributed by atoms with Crippen molar-refractivity contribution in [3.8, 4) is 12.3 Å². The molecule has 2 aliphatic rings. The largest absolute Gasteiger partial charge is 0.469 e. The number of hydrogen-bond acceptors (Lipinski definition) is 6. The molecule has 35 heavy (non-hydrogen) atoms. The number of unbranched alkanes of at least 4 members (excludes halogenated alkanes) is 3. The maximum Gasteiger partial charge on any atom is 0.305 e. The molecule has 1 aromatic heterocycles. The van der Waals surface area contributed by atoms with Gasteiger partial charge in [0.1, 0.15) is 6.26 Å². The lowest BCUT2D eigenvalue weighted by Gasteiger charge is -2.26. The molecular formula is C28H34N2O5. The predicted molar refractivity (Wildman–Crippen MR) is 131 cm³/mol. The zero-order valence-corrected chi connectivity index (χ0v) is 20.3. The third-order valence-corrected chi connectivity index (χ3v) is 7.15. The number of nitrogens with zero attached hydrogens (tertiary/aromatic N) is 1. The highest BCUT2D eigenvalue weighted by atomic mass is 16.5. The van der Waals surface area contributed by atoms with Gasteiger partial charge >= 0.3 is 5.97 Å². The first-order chi connectivity index (χ1) is 17.1. The summed E-state index contributed by atoms with van der Waals surface area (Å²) in [6, 6.07) is 8.22. The molecule has 7 nitrogen and oxygen atoms in total. The Kier molecular flexibility index (Phi) is 8.59. The number of aromatic nitrogens is 1. The van der Waals surface area contributed by atoms with E-state index < -0.39 is 0 Å².